The van der Waals surface area contributed by atoms with Crippen LogP contribution in [-0.4, -0.2) is 23.8 Å². The van der Waals surface area contributed by atoms with Crippen molar-refractivity contribution in [2.45, 2.75) is 59.8 Å². The Kier molecular flexibility index (Phi) is 5.51. The first-order chi connectivity index (χ1) is 10.0. The Morgan fingerprint density at radius 2 is 2.14 bits per heavy atom. The molecular formula is C18H29N3. The Bertz CT molecular complexity index is 501. The molecule has 21 heavy (non-hydrogen) atoms. The van der Waals surface area contributed by atoms with Gasteiger partial charge in [-0.3, -0.25) is 9.98 Å². The standard InChI is InChI=1S/C18H29N3/c1-5-16-7-12-20-15(3)17(16)21-14(2)6-11-19-13-10-18(4)8-9-18/h7,12,19H,5-6,8-11,13H2,1-4H3. The zero-order valence-corrected chi connectivity index (χ0v) is 14.0. The molecule has 0 radical (unpaired) electrons. The normalized spacial score (nSPS) is 17.0. The maximum absolute atomic E-state index is 4.80. The summed E-state index contributed by atoms with van der Waals surface area (Å²) in [5.74, 6) is 0. The lowest BCUT2D eigenvalue weighted by molar-refractivity contribution is 0.490. The molecule has 1 heterocycles. The summed E-state index contributed by atoms with van der Waals surface area (Å²) in [6.07, 6.45) is 8.03. The van der Waals surface area contributed by atoms with Crippen molar-refractivity contribution in [2.75, 3.05) is 13.1 Å². The number of hydrogen-bond donors (Lipinski definition) is 1. The fourth-order valence-corrected chi connectivity index (χ4v) is 2.54. The van der Waals surface area contributed by atoms with Gasteiger partial charge in [0, 0.05) is 18.5 Å². The first-order valence-electron chi connectivity index (χ1n) is 8.23. The summed E-state index contributed by atoms with van der Waals surface area (Å²) in [5.41, 5.74) is 5.23. The summed E-state index contributed by atoms with van der Waals surface area (Å²) >= 11 is 0. The molecule has 0 saturated heterocycles. The Labute approximate surface area is 129 Å². The molecule has 0 bridgehead atoms. The molecule has 2 rings (SSSR count). The van der Waals surface area contributed by atoms with E-state index in [2.05, 4.69) is 37.1 Å². The van der Waals surface area contributed by atoms with E-state index in [-0.39, 0.29) is 0 Å². The van der Waals surface area contributed by atoms with Crippen molar-refractivity contribution in [3.63, 3.8) is 0 Å². The summed E-state index contributed by atoms with van der Waals surface area (Å²) in [4.78, 5) is 9.16. The Morgan fingerprint density at radius 3 is 2.81 bits per heavy atom. The van der Waals surface area contributed by atoms with Crippen LogP contribution in [0.3, 0.4) is 0 Å². The third kappa shape index (κ3) is 4.92. The number of aryl methyl sites for hydroxylation is 2. The molecule has 1 fully saturated rings. The summed E-state index contributed by atoms with van der Waals surface area (Å²) in [5, 5.41) is 3.55. The van der Waals surface area contributed by atoms with Gasteiger partial charge in [-0.1, -0.05) is 13.8 Å². The van der Waals surface area contributed by atoms with Crippen molar-refractivity contribution >= 4 is 11.4 Å². The Balaban J connectivity index is 1.80. The molecule has 1 aromatic rings. The number of aromatic nitrogens is 1. The van der Waals surface area contributed by atoms with Crippen molar-refractivity contribution in [2.24, 2.45) is 10.4 Å². The molecule has 1 saturated carbocycles. The molecule has 116 valence electrons. The highest BCUT2D eigenvalue weighted by molar-refractivity contribution is 5.85. The minimum absolute atomic E-state index is 0.652. The quantitative estimate of drug-likeness (QED) is 0.574. The SMILES string of the molecule is CCc1ccnc(C)c1N=C(C)CCNCCC1(C)CC1. The van der Waals surface area contributed by atoms with E-state index in [0.29, 0.717) is 5.41 Å². The van der Waals surface area contributed by atoms with Crippen LogP contribution in [0.25, 0.3) is 0 Å². The highest BCUT2D eigenvalue weighted by Crippen LogP contribution is 2.47. The summed E-state index contributed by atoms with van der Waals surface area (Å²) in [6, 6.07) is 2.08. The smallest absolute Gasteiger partial charge is 0.0873 e. The fraction of sp³-hybridized carbons (Fsp3) is 0.667. The summed E-state index contributed by atoms with van der Waals surface area (Å²) < 4.78 is 0. The van der Waals surface area contributed by atoms with Crippen molar-refractivity contribution in [1.82, 2.24) is 10.3 Å². The van der Waals surface area contributed by atoms with Gasteiger partial charge < -0.3 is 5.32 Å². The van der Waals surface area contributed by atoms with E-state index in [1.54, 1.807) is 0 Å². The van der Waals surface area contributed by atoms with Gasteiger partial charge >= 0.3 is 0 Å². The van der Waals surface area contributed by atoms with Gasteiger partial charge in [0.15, 0.2) is 0 Å². The second kappa shape index (κ2) is 7.17. The van der Waals surface area contributed by atoms with E-state index in [0.717, 1.165) is 37.3 Å². The second-order valence-corrected chi connectivity index (χ2v) is 6.67. The van der Waals surface area contributed by atoms with Gasteiger partial charge in [0.25, 0.3) is 0 Å². The fourth-order valence-electron chi connectivity index (χ4n) is 2.54. The van der Waals surface area contributed by atoms with Gasteiger partial charge in [-0.2, -0.15) is 0 Å². The number of rotatable bonds is 8. The van der Waals surface area contributed by atoms with E-state index in [1.807, 2.05) is 13.1 Å². The van der Waals surface area contributed by atoms with E-state index < -0.39 is 0 Å². The van der Waals surface area contributed by atoms with E-state index >= 15 is 0 Å². The van der Waals surface area contributed by atoms with Crippen LogP contribution in [0.15, 0.2) is 17.3 Å². The van der Waals surface area contributed by atoms with Gasteiger partial charge in [-0.15, -0.1) is 0 Å². The van der Waals surface area contributed by atoms with Crippen molar-refractivity contribution in [3.05, 3.63) is 23.5 Å². The van der Waals surface area contributed by atoms with E-state index in [1.165, 1.54) is 30.5 Å². The molecule has 0 unspecified atom stereocenters. The molecule has 3 heteroatoms. The van der Waals surface area contributed by atoms with Crippen LogP contribution in [0, 0.1) is 12.3 Å². The zero-order valence-electron chi connectivity index (χ0n) is 14.0. The average Bonchev–Trinajstić information content (AvgIpc) is 3.18. The van der Waals surface area contributed by atoms with Crippen LogP contribution >= 0.6 is 0 Å². The van der Waals surface area contributed by atoms with Crippen LogP contribution in [0.2, 0.25) is 0 Å². The number of nitrogens with one attached hydrogen (secondary N) is 1. The highest BCUT2D eigenvalue weighted by Gasteiger charge is 2.35. The number of nitrogens with zero attached hydrogens (tertiary/aromatic N) is 2. The summed E-state index contributed by atoms with van der Waals surface area (Å²) in [6.45, 7) is 10.9. The minimum Gasteiger partial charge on any atom is -0.316 e. The van der Waals surface area contributed by atoms with Crippen LogP contribution < -0.4 is 5.32 Å². The first kappa shape index (κ1) is 16.2. The second-order valence-electron chi connectivity index (χ2n) is 6.67. The van der Waals surface area contributed by atoms with Gasteiger partial charge in [-0.25, -0.2) is 0 Å². The molecule has 0 amide bonds. The van der Waals surface area contributed by atoms with Gasteiger partial charge in [0.1, 0.15) is 0 Å². The van der Waals surface area contributed by atoms with Crippen LogP contribution in [-0.2, 0) is 6.42 Å². The van der Waals surface area contributed by atoms with Gasteiger partial charge in [-0.05, 0) is 69.5 Å². The molecular weight excluding hydrogens is 258 g/mol. The average molecular weight is 287 g/mol. The first-order valence-corrected chi connectivity index (χ1v) is 8.23. The third-order valence-electron chi connectivity index (χ3n) is 4.55. The molecule has 0 aliphatic heterocycles. The van der Waals surface area contributed by atoms with Crippen molar-refractivity contribution < 1.29 is 0 Å². The Morgan fingerprint density at radius 1 is 1.38 bits per heavy atom. The van der Waals surface area contributed by atoms with Crippen molar-refractivity contribution in [1.29, 1.82) is 0 Å². The summed E-state index contributed by atoms with van der Waals surface area (Å²) in [7, 11) is 0. The predicted molar refractivity (Wildman–Crippen MR) is 90.6 cm³/mol. The zero-order chi connectivity index (χ0) is 15.3. The molecule has 1 aliphatic carbocycles. The molecule has 0 spiro atoms. The maximum atomic E-state index is 4.80. The third-order valence-corrected chi connectivity index (χ3v) is 4.55. The van der Waals surface area contributed by atoms with Gasteiger partial charge in [0.2, 0.25) is 0 Å². The molecule has 1 N–H and O–H groups in total. The number of pyridine rings is 1. The molecule has 0 atom stereocenters. The monoisotopic (exact) mass is 287 g/mol. The largest absolute Gasteiger partial charge is 0.316 e. The van der Waals surface area contributed by atoms with E-state index in [4.69, 9.17) is 4.99 Å². The van der Waals surface area contributed by atoms with E-state index in [9.17, 15) is 0 Å². The van der Waals surface area contributed by atoms with Crippen LogP contribution in [0.4, 0.5) is 5.69 Å². The van der Waals surface area contributed by atoms with Gasteiger partial charge in [0.05, 0.1) is 11.4 Å². The lowest BCUT2D eigenvalue weighted by atomic mass is 10.1. The Hall–Kier alpha value is -1.22. The highest BCUT2D eigenvalue weighted by atomic mass is 14.9. The van der Waals surface area contributed by atoms with Crippen LogP contribution in [0.1, 0.15) is 57.7 Å². The van der Waals surface area contributed by atoms with Crippen LogP contribution in [0.5, 0.6) is 0 Å². The van der Waals surface area contributed by atoms with Crippen molar-refractivity contribution in [3.8, 4) is 0 Å². The lowest BCUT2D eigenvalue weighted by Gasteiger charge is -2.10. The maximum Gasteiger partial charge on any atom is 0.0873 e. The lowest BCUT2D eigenvalue weighted by Crippen LogP contribution is -2.20. The molecule has 1 aliphatic rings. The number of aliphatic imine (C=N–C) groups is 1. The molecule has 3 nitrogen and oxygen atoms in total. The minimum atomic E-state index is 0.652. The predicted octanol–water partition coefficient (Wildman–Crippen LogP) is 4.21. The number of hydrogen-bond acceptors (Lipinski definition) is 3. The topological polar surface area (TPSA) is 37.3 Å². The molecule has 0 aromatic carbocycles. The molecule has 1 aromatic heterocycles.